The lowest BCUT2D eigenvalue weighted by Crippen LogP contribution is -2.23. The van der Waals surface area contributed by atoms with Gasteiger partial charge in [0.2, 0.25) is 15.7 Å². The van der Waals surface area contributed by atoms with E-state index >= 15 is 0 Å². The number of fused-ring (bicyclic) bond motifs is 1. The van der Waals surface area contributed by atoms with Crippen LogP contribution in [-0.2, 0) is 14.6 Å². The van der Waals surface area contributed by atoms with Crippen molar-refractivity contribution >= 4 is 32.8 Å². The number of rotatable bonds is 3. The number of thiophene rings is 1. The molecule has 0 unspecified atom stereocenters. The Balaban J connectivity index is 1.83. The third kappa shape index (κ3) is 2.83. The quantitative estimate of drug-likeness (QED) is 0.733. The molecule has 0 saturated heterocycles. The summed E-state index contributed by atoms with van der Waals surface area (Å²) in [6.07, 6.45) is 0.198. The number of hydrogen-bond donors (Lipinski definition) is 1. The molecule has 0 spiro atoms. The van der Waals surface area contributed by atoms with E-state index in [0.717, 1.165) is 10.4 Å². The van der Waals surface area contributed by atoms with Gasteiger partial charge in [-0.15, -0.1) is 11.3 Å². The summed E-state index contributed by atoms with van der Waals surface area (Å²) in [4.78, 5) is 13.3. The largest absolute Gasteiger partial charge is 0.324 e. The van der Waals surface area contributed by atoms with Gasteiger partial charge in [-0.05, 0) is 29.8 Å². The van der Waals surface area contributed by atoms with E-state index in [4.69, 9.17) is 0 Å². The van der Waals surface area contributed by atoms with E-state index in [9.17, 15) is 17.6 Å². The third-order valence-corrected chi connectivity index (χ3v) is 7.41. The molecule has 2 aromatic carbocycles. The Bertz CT molecular complexity index is 1070. The molecule has 4 nitrogen and oxygen atoms in total. The van der Waals surface area contributed by atoms with E-state index < -0.39 is 9.84 Å². The predicted octanol–water partition coefficient (Wildman–Crippen LogP) is 4.19. The standard InChI is InChI=1S/C19H14FNO3S2/c20-13-8-6-12(7-9-13)15-10-17(22)21-18-16(11-25-19(15)18)26(23,24)14-4-2-1-3-5-14/h1-9,11,15H,10H2,(H,21,22)/t15-/m1/s1. The zero-order valence-corrected chi connectivity index (χ0v) is 15.1. The molecule has 26 heavy (non-hydrogen) atoms. The molecule has 2 heterocycles. The van der Waals surface area contributed by atoms with E-state index in [1.165, 1.54) is 35.6 Å². The van der Waals surface area contributed by atoms with Crippen LogP contribution in [0.4, 0.5) is 10.1 Å². The monoisotopic (exact) mass is 387 g/mol. The van der Waals surface area contributed by atoms with Gasteiger partial charge in [0.25, 0.3) is 0 Å². The summed E-state index contributed by atoms with van der Waals surface area (Å²) >= 11 is 1.30. The lowest BCUT2D eigenvalue weighted by atomic mass is 9.91. The van der Waals surface area contributed by atoms with Gasteiger partial charge in [-0.3, -0.25) is 4.79 Å². The second kappa shape index (κ2) is 6.34. The molecule has 7 heteroatoms. The summed E-state index contributed by atoms with van der Waals surface area (Å²) < 4.78 is 39.2. The fraction of sp³-hybridized carbons (Fsp3) is 0.105. The maximum absolute atomic E-state index is 13.2. The van der Waals surface area contributed by atoms with Crippen LogP contribution in [0.3, 0.4) is 0 Å². The molecule has 4 rings (SSSR count). The van der Waals surface area contributed by atoms with Gasteiger partial charge in [-0.25, -0.2) is 12.8 Å². The van der Waals surface area contributed by atoms with Gasteiger partial charge in [-0.1, -0.05) is 30.3 Å². The Hall–Kier alpha value is -2.51. The number of nitrogens with one attached hydrogen (secondary N) is 1. The summed E-state index contributed by atoms with van der Waals surface area (Å²) in [6, 6.07) is 14.1. The minimum atomic E-state index is -3.74. The first-order valence-corrected chi connectivity index (χ1v) is 10.3. The molecule has 0 radical (unpaired) electrons. The van der Waals surface area contributed by atoms with Crippen molar-refractivity contribution in [2.45, 2.75) is 22.1 Å². The van der Waals surface area contributed by atoms with Crippen LogP contribution >= 0.6 is 11.3 Å². The smallest absolute Gasteiger partial charge is 0.225 e. The highest BCUT2D eigenvalue weighted by atomic mass is 32.2. The molecule has 1 atom stereocenters. The van der Waals surface area contributed by atoms with Crippen LogP contribution in [0.15, 0.2) is 69.8 Å². The minimum Gasteiger partial charge on any atom is -0.324 e. The molecule has 1 amide bonds. The number of carbonyl (C=O) groups excluding carboxylic acids is 1. The van der Waals surface area contributed by atoms with Crippen molar-refractivity contribution in [3.8, 4) is 0 Å². The number of hydrogen-bond acceptors (Lipinski definition) is 4. The average molecular weight is 387 g/mol. The number of halogens is 1. The molecule has 132 valence electrons. The van der Waals surface area contributed by atoms with Crippen LogP contribution in [0.25, 0.3) is 0 Å². The first-order chi connectivity index (χ1) is 12.5. The van der Waals surface area contributed by atoms with Crippen molar-refractivity contribution in [1.29, 1.82) is 0 Å². The fourth-order valence-corrected chi connectivity index (χ4v) is 6.02. The van der Waals surface area contributed by atoms with Gasteiger partial charge < -0.3 is 5.32 Å². The highest BCUT2D eigenvalue weighted by Gasteiger charge is 2.34. The first kappa shape index (κ1) is 16.9. The van der Waals surface area contributed by atoms with Crippen LogP contribution in [-0.4, -0.2) is 14.3 Å². The molecular weight excluding hydrogens is 373 g/mol. The molecule has 1 aliphatic heterocycles. The van der Waals surface area contributed by atoms with Gasteiger partial charge >= 0.3 is 0 Å². The number of sulfone groups is 1. The molecular formula is C19H14FNO3S2. The average Bonchev–Trinajstić information content (AvgIpc) is 3.07. The van der Waals surface area contributed by atoms with E-state index in [2.05, 4.69) is 5.32 Å². The van der Waals surface area contributed by atoms with Gasteiger partial charge in [0.15, 0.2) is 0 Å². The lowest BCUT2D eigenvalue weighted by Gasteiger charge is -2.23. The highest BCUT2D eigenvalue weighted by Crippen LogP contribution is 2.45. The summed E-state index contributed by atoms with van der Waals surface area (Å²) in [7, 11) is -3.74. The Morgan fingerprint density at radius 2 is 1.73 bits per heavy atom. The molecule has 0 saturated carbocycles. The fourth-order valence-electron chi connectivity index (χ4n) is 3.09. The maximum Gasteiger partial charge on any atom is 0.225 e. The third-order valence-electron chi connectivity index (χ3n) is 4.37. The second-order valence-corrected chi connectivity index (χ2v) is 8.84. The molecule has 1 aromatic heterocycles. The summed E-state index contributed by atoms with van der Waals surface area (Å²) in [5.41, 5.74) is 1.12. The van der Waals surface area contributed by atoms with Crippen LogP contribution in [0.5, 0.6) is 0 Å². The number of benzene rings is 2. The van der Waals surface area contributed by atoms with Crippen molar-refractivity contribution in [3.05, 3.63) is 76.2 Å². The van der Waals surface area contributed by atoms with Crippen molar-refractivity contribution in [1.82, 2.24) is 0 Å². The zero-order valence-electron chi connectivity index (χ0n) is 13.5. The predicted molar refractivity (Wildman–Crippen MR) is 97.7 cm³/mol. The van der Waals surface area contributed by atoms with Crippen molar-refractivity contribution in [2.24, 2.45) is 0 Å². The van der Waals surface area contributed by atoms with Gasteiger partial charge in [-0.2, -0.15) is 0 Å². The Labute approximate surface area is 154 Å². The molecule has 0 bridgehead atoms. The van der Waals surface area contributed by atoms with Crippen LogP contribution < -0.4 is 5.32 Å². The molecule has 3 aromatic rings. The van der Waals surface area contributed by atoms with E-state index in [0.29, 0.717) is 5.69 Å². The summed E-state index contributed by atoms with van der Waals surface area (Å²) in [5.74, 6) is -0.897. The summed E-state index contributed by atoms with van der Waals surface area (Å²) in [6.45, 7) is 0. The number of anilines is 1. The van der Waals surface area contributed by atoms with E-state index in [1.807, 2.05) is 0 Å². The zero-order chi connectivity index (χ0) is 18.3. The Morgan fingerprint density at radius 1 is 1.04 bits per heavy atom. The van der Waals surface area contributed by atoms with Crippen molar-refractivity contribution in [2.75, 3.05) is 5.32 Å². The van der Waals surface area contributed by atoms with Gasteiger partial charge in [0, 0.05) is 22.6 Å². The second-order valence-electron chi connectivity index (χ2n) is 6.01. The summed E-state index contributed by atoms with van der Waals surface area (Å²) in [5, 5.41) is 4.28. The van der Waals surface area contributed by atoms with E-state index in [1.54, 1.807) is 35.7 Å². The lowest BCUT2D eigenvalue weighted by molar-refractivity contribution is -0.116. The molecule has 0 fully saturated rings. The van der Waals surface area contributed by atoms with E-state index in [-0.39, 0.29) is 33.9 Å². The first-order valence-electron chi connectivity index (χ1n) is 7.93. The van der Waals surface area contributed by atoms with Crippen LogP contribution in [0, 0.1) is 5.82 Å². The van der Waals surface area contributed by atoms with Crippen molar-refractivity contribution in [3.63, 3.8) is 0 Å². The minimum absolute atomic E-state index is 0.101. The number of carbonyl (C=O) groups is 1. The topological polar surface area (TPSA) is 63.2 Å². The SMILES string of the molecule is O=C1C[C@H](c2ccc(F)cc2)c2scc(S(=O)(=O)c3ccccc3)c2N1. The Morgan fingerprint density at radius 3 is 2.42 bits per heavy atom. The van der Waals surface area contributed by atoms with Crippen LogP contribution in [0.1, 0.15) is 22.8 Å². The van der Waals surface area contributed by atoms with Crippen molar-refractivity contribution < 1.29 is 17.6 Å². The van der Waals surface area contributed by atoms with Crippen LogP contribution in [0.2, 0.25) is 0 Å². The molecule has 1 N–H and O–H groups in total. The molecule has 1 aliphatic rings. The molecule has 0 aliphatic carbocycles. The Kier molecular flexibility index (Phi) is 4.13. The normalized spacial score (nSPS) is 16.8. The van der Waals surface area contributed by atoms with Gasteiger partial charge in [0.05, 0.1) is 10.6 Å². The maximum atomic E-state index is 13.2. The highest BCUT2D eigenvalue weighted by molar-refractivity contribution is 7.91. The van der Waals surface area contributed by atoms with Gasteiger partial charge in [0.1, 0.15) is 10.7 Å². The number of amides is 1.